The molecule has 1 unspecified atom stereocenters. The van der Waals surface area contributed by atoms with Crippen LogP contribution in [0, 0.1) is 6.92 Å². The smallest absolute Gasteiger partial charge is 0.315 e. The number of thiophene rings is 1. The number of fused-ring (bicyclic) bond motifs is 1. The van der Waals surface area contributed by atoms with Gasteiger partial charge in [-0.3, -0.25) is 9.59 Å². The van der Waals surface area contributed by atoms with Gasteiger partial charge in [-0.25, -0.2) is 0 Å². The Balaban J connectivity index is 2.02. The third kappa shape index (κ3) is 3.67. The topological polar surface area (TPSA) is 48.3 Å². The summed E-state index contributed by atoms with van der Waals surface area (Å²) < 4.78 is 7.47. The van der Waals surface area contributed by atoms with E-state index in [1.165, 1.54) is 11.3 Å². The lowest BCUT2D eigenvalue weighted by atomic mass is 9.99. The van der Waals surface area contributed by atoms with Crippen molar-refractivity contribution in [2.45, 2.75) is 58.6 Å². The lowest BCUT2D eigenvalue weighted by molar-refractivity contribution is -0.149. The minimum Gasteiger partial charge on any atom is -0.462 e. The van der Waals surface area contributed by atoms with Gasteiger partial charge in [-0.05, 0) is 51.3 Å². The molecule has 0 saturated heterocycles. The Labute approximate surface area is 156 Å². The highest BCUT2D eigenvalue weighted by molar-refractivity contribution is 7.12. The molecule has 25 heavy (non-hydrogen) atoms. The number of nitrogens with zero attached hydrogens (tertiary/aromatic N) is 1. The molecule has 1 aliphatic heterocycles. The number of ether oxygens (including phenoxy) is 1. The Morgan fingerprint density at radius 1 is 1.32 bits per heavy atom. The van der Waals surface area contributed by atoms with Gasteiger partial charge < -0.3 is 9.30 Å². The van der Waals surface area contributed by atoms with E-state index in [-0.39, 0.29) is 23.8 Å². The number of rotatable bonds is 4. The molecule has 0 bridgehead atoms. The Bertz CT molecular complexity index is 806. The zero-order valence-electron chi connectivity index (χ0n) is 14.7. The number of hydrogen-bond donors (Lipinski definition) is 0. The largest absolute Gasteiger partial charge is 0.462 e. The predicted molar refractivity (Wildman–Crippen MR) is 99.8 cm³/mol. The van der Waals surface area contributed by atoms with E-state index < -0.39 is 0 Å². The normalized spacial score (nSPS) is 17.2. The highest BCUT2D eigenvalue weighted by Gasteiger charge is 2.31. The van der Waals surface area contributed by atoms with E-state index in [2.05, 4.69) is 0 Å². The molecule has 6 heteroatoms. The molecule has 0 amide bonds. The Morgan fingerprint density at radius 3 is 2.72 bits per heavy atom. The molecule has 0 radical (unpaired) electrons. The molecule has 0 aromatic carbocycles. The fourth-order valence-electron chi connectivity index (χ4n) is 3.41. The molecule has 2 aromatic heterocycles. The van der Waals surface area contributed by atoms with Gasteiger partial charge in [0.1, 0.15) is 0 Å². The molecule has 2 aromatic rings. The van der Waals surface area contributed by atoms with Crippen LogP contribution in [0.4, 0.5) is 0 Å². The van der Waals surface area contributed by atoms with Crippen LogP contribution in [0.25, 0.3) is 0 Å². The maximum Gasteiger partial charge on any atom is 0.315 e. The maximum atomic E-state index is 13.0. The first-order valence-corrected chi connectivity index (χ1v) is 9.83. The van der Waals surface area contributed by atoms with E-state index >= 15 is 0 Å². The number of esters is 1. The second-order valence-corrected chi connectivity index (χ2v) is 8.09. The summed E-state index contributed by atoms with van der Waals surface area (Å²) in [5.41, 5.74) is 2.46. The lowest BCUT2D eigenvalue weighted by Crippen LogP contribution is -2.21. The van der Waals surface area contributed by atoms with Gasteiger partial charge in [0.05, 0.1) is 27.6 Å². The first kappa shape index (κ1) is 18.2. The van der Waals surface area contributed by atoms with Crippen molar-refractivity contribution in [1.29, 1.82) is 0 Å². The van der Waals surface area contributed by atoms with Gasteiger partial charge in [-0.15, -0.1) is 11.3 Å². The van der Waals surface area contributed by atoms with Gasteiger partial charge in [0.2, 0.25) is 5.78 Å². The minimum absolute atomic E-state index is 0.0291. The van der Waals surface area contributed by atoms with Crippen molar-refractivity contribution in [3.8, 4) is 0 Å². The fraction of sp³-hybridized carbons (Fsp3) is 0.474. The summed E-state index contributed by atoms with van der Waals surface area (Å²) in [6.45, 7) is 6.38. The number of hydrogen-bond acceptors (Lipinski definition) is 4. The SMILES string of the molecule is Cc1cc2n(c1C(=O)c1cc(Cl)cs1)CCCCC2C(=O)OC(C)C. The van der Waals surface area contributed by atoms with Crippen molar-refractivity contribution in [3.63, 3.8) is 0 Å². The standard InChI is InChI=1S/C19H22ClNO3S/c1-11(2)24-19(23)14-6-4-5-7-21-15(14)8-12(3)17(21)18(22)16-9-13(20)10-25-16/h8-11,14H,4-7H2,1-3H3. The van der Waals surface area contributed by atoms with E-state index in [9.17, 15) is 9.59 Å². The van der Waals surface area contributed by atoms with Crippen molar-refractivity contribution in [3.05, 3.63) is 44.4 Å². The van der Waals surface area contributed by atoms with E-state index in [0.29, 0.717) is 15.6 Å². The molecule has 3 rings (SSSR count). The first-order valence-electron chi connectivity index (χ1n) is 8.57. The molecule has 134 valence electrons. The highest BCUT2D eigenvalue weighted by Crippen LogP contribution is 2.33. The second-order valence-electron chi connectivity index (χ2n) is 6.74. The van der Waals surface area contributed by atoms with Crippen molar-refractivity contribution >= 4 is 34.7 Å². The van der Waals surface area contributed by atoms with Crippen LogP contribution in [-0.2, 0) is 16.1 Å². The summed E-state index contributed by atoms with van der Waals surface area (Å²) in [7, 11) is 0. The quantitative estimate of drug-likeness (QED) is 0.557. The van der Waals surface area contributed by atoms with E-state index in [1.54, 1.807) is 11.4 Å². The molecule has 0 N–H and O–H groups in total. The van der Waals surface area contributed by atoms with E-state index in [4.69, 9.17) is 16.3 Å². The predicted octanol–water partition coefficient (Wildman–Crippen LogP) is 4.96. The monoisotopic (exact) mass is 379 g/mol. The summed E-state index contributed by atoms with van der Waals surface area (Å²) >= 11 is 7.33. The van der Waals surface area contributed by atoms with Crippen LogP contribution in [0.5, 0.6) is 0 Å². The van der Waals surface area contributed by atoms with Gasteiger partial charge >= 0.3 is 5.97 Å². The number of halogens is 1. The van der Waals surface area contributed by atoms with Gasteiger partial charge in [0.15, 0.2) is 0 Å². The van der Waals surface area contributed by atoms with Crippen molar-refractivity contribution in [2.75, 3.05) is 0 Å². The zero-order chi connectivity index (χ0) is 18.1. The number of carbonyl (C=O) groups excluding carboxylic acids is 2. The average Bonchev–Trinajstić information content (AvgIpc) is 3.03. The van der Waals surface area contributed by atoms with Crippen LogP contribution in [0.15, 0.2) is 17.5 Å². The Hall–Kier alpha value is -1.59. The molecule has 4 nitrogen and oxygen atoms in total. The van der Waals surface area contributed by atoms with Crippen LogP contribution in [0.3, 0.4) is 0 Å². The number of ketones is 1. The van der Waals surface area contributed by atoms with Crippen molar-refractivity contribution in [2.24, 2.45) is 0 Å². The molecular formula is C19H22ClNO3S. The minimum atomic E-state index is -0.308. The summed E-state index contributed by atoms with van der Waals surface area (Å²) in [4.78, 5) is 26.2. The van der Waals surface area contributed by atoms with Crippen LogP contribution in [0.2, 0.25) is 5.02 Å². The second kappa shape index (κ2) is 7.34. The summed E-state index contributed by atoms with van der Waals surface area (Å²) in [6, 6.07) is 3.68. The zero-order valence-corrected chi connectivity index (χ0v) is 16.2. The molecule has 3 heterocycles. The molecular weight excluding hydrogens is 358 g/mol. The van der Waals surface area contributed by atoms with E-state index in [0.717, 1.165) is 37.1 Å². The highest BCUT2D eigenvalue weighted by atomic mass is 35.5. The van der Waals surface area contributed by atoms with Gasteiger partial charge in [0, 0.05) is 17.6 Å². The Kier molecular flexibility index (Phi) is 5.35. The first-order chi connectivity index (χ1) is 11.9. The summed E-state index contributed by atoms with van der Waals surface area (Å²) in [5, 5.41) is 2.34. The molecule has 1 aliphatic rings. The molecule has 0 saturated carbocycles. The number of aryl methyl sites for hydroxylation is 1. The fourth-order valence-corrected chi connectivity index (χ4v) is 4.42. The van der Waals surface area contributed by atoms with Crippen LogP contribution < -0.4 is 0 Å². The van der Waals surface area contributed by atoms with Crippen LogP contribution in [-0.4, -0.2) is 22.4 Å². The molecule has 0 aliphatic carbocycles. The van der Waals surface area contributed by atoms with Crippen molar-refractivity contribution in [1.82, 2.24) is 4.57 Å². The molecule has 0 spiro atoms. The van der Waals surface area contributed by atoms with Gasteiger partial charge in [0.25, 0.3) is 0 Å². The van der Waals surface area contributed by atoms with Crippen LogP contribution in [0.1, 0.15) is 65.7 Å². The third-order valence-electron chi connectivity index (χ3n) is 4.44. The average molecular weight is 380 g/mol. The van der Waals surface area contributed by atoms with Gasteiger partial charge in [-0.1, -0.05) is 18.0 Å². The van der Waals surface area contributed by atoms with E-state index in [1.807, 2.05) is 31.4 Å². The molecule has 1 atom stereocenters. The van der Waals surface area contributed by atoms with Gasteiger partial charge in [-0.2, -0.15) is 0 Å². The summed E-state index contributed by atoms with van der Waals surface area (Å²) in [5.74, 6) is -0.538. The van der Waals surface area contributed by atoms with Crippen molar-refractivity contribution < 1.29 is 14.3 Å². The Morgan fingerprint density at radius 2 is 2.08 bits per heavy atom. The third-order valence-corrected chi connectivity index (χ3v) is 5.72. The number of aromatic nitrogens is 1. The molecule has 0 fully saturated rings. The number of carbonyl (C=O) groups is 2. The van der Waals surface area contributed by atoms with Crippen LogP contribution >= 0.6 is 22.9 Å². The lowest BCUT2D eigenvalue weighted by Gasteiger charge is -2.17. The maximum absolute atomic E-state index is 13.0. The summed E-state index contributed by atoms with van der Waals surface area (Å²) in [6.07, 6.45) is 2.50.